The molecule has 2 unspecified atom stereocenters. The summed E-state index contributed by atoms with van der Waals surface area (Å²) < 4.78 is 0. The summed E-state index contributed by atoms with van der Waals surface area (Å²) in [6, 6.07) is 18.0. The number of anilines is 1. The molecular formula is C22H28N2O. The van der Waals surface area contributed by atoms with Crippen molar-refractivity contribution in [2.75, 3.05) is 5.32 Å². The van der Waals surface area contributed by atoms with Gasteiger partial charge in [0, 0.05) is 24.7 Å². The number of carbonyl (C=O) groups excluding carboxylic acids is 1. The summed E-state index contributed by atoms with van der Waals surface area (Å²) in [5, 5.41) is 6.76. The van der Waals surface area contributed by atoms with E-state index in [-0.39, 0.29) is 5.91 Å². The molecular weight excluding hydrogens is 308 g/mol. The molecule has 2 aromatic rings. The van der Waals surface area contributed by atoms with Crippen molar-refractivity contribution in [2.24, 2.45) is 0 Å². The van der Waals surface area contributed by atoms with E-state index in [2.05, 4.69) is 60.0 Å². The predicted molar refractivity (Wildman–Crippen MR) is 104 cm³/mol. The minimum absolute atomic E-state index is 0.0145. The van der Waals surface area contributed by atoms with E-state index in [4.69, 9.17) is 0 Å². The third-order valence-electron chi connectivity index (χ3n) is 5.04. The van der Waals surface area contributed by atoms with Gasteiger partial charge < -0.3 is 10.6 Å². The van der Waals surface area contributed by atoms with Gasteiger partial charge in [0.15, 0.2) is 0 Å². The highest BCUT2D eigenvalue weighted by Crippen LogP contribution is 2.25. The van der Waals surface area contributed by atoms with Crippen molar-refractivity contribution in [3.63, 3.8) is 0 Å². The fourth-order valence-corrected chi connectivity index (χ4v) is 3.73. The molecule has 0 aromatic heterocycles. The first-order chi connectivity index (χ1) is 12.1. The van der Waals surface area contributed by atoms with Gasteiger partial charge >= 0.3 is 0 Å². The zero-order valence-corrected chi connectivity index (χ0v) is 15.2. The van der Waals surface area contributed by atoms with Gasteiger partial charge in [-0.25, -0.2) is 0 Å². The summed E-state index contributed by atoms with van der Waals surface area (Å²) in [5.41, 5.74) is 5.09. The minimum atomic E-state index is -0.0145. The predicted octanol–water partition coefficient (Wildman–Crippen LogP) is 4.11. The number of hydrogen-bond donors (Lipinski definition) is 2. The normalized spacial score (nSPS) is 17.6. The summed E-state index contributed by atoms with van der Waals surface area (Å²) >= 11 is 0. The molecule has 2 atom stereocenters. The highest BCUT2D eigenvalue weighted by atomic mass is 16.1. The van der Waals surface area contributed by atoms with E-state index in [9.17, 15) is 4.79 Å². The highest BCUT2D eigenvalue weighted by Gasteiger charge is 2.21. The molecule has 0 saturated heterocycles. The van der Waals surface area contributed by atoms with Crippen LogP contribution in [-0.2, 0) is 24.1 Å². The molecule has 0 aliphatic heterocycles. The first kappa shape index (κ1) is 17.7. The lowest BCUT2D eigenvalue weighted by Gasteiger charge is -2.30. The van der Waals surface area contributed by atoms with Crippen molar-refractivity contribution in [3.8, 4) is 0 Å². The molecule has 0 fully saturated rings. The van der Waals surface area contributed by atoms with Crippen LogP contribution in [0.4, 0.5) is 5.69 Å². The first-order valence-electron chi connectivity index (χ1n) is 9.33. The van der Waals surface area contributed by atoms with Crippen LogP contribution >= 0.6 is 0 Å². The minimum Gasteiger partial charge on any atom is -0.326 e. The number of benzene rings is 2. The second-order valence-electron chi connectivity index (χ2n) is 7.07. The summed E-state index contributed by atoms with van der Waals surface area (Å²) in [5.74, 6) is -0.0145. The van der Waals surface area contributed by atoms with Crippen molar-refractivity contribution in [2.45, 2.75) is 58.0 Å². The molecule has 132 valence electrons. The van der Waals surface area contributed by atoms with Crippen LogP contribution in [0.15, 0.2) is 48.5 Å². The third kappa shape index (κ3) is 4.93. The van der Waals surface area contributed by atoms with E-state index >= 15 is 0 Å². The maximum Gasteiger partial charge on any atom is 0.221 e. The molecule has 0 bridgehead atoms. The molecule has 25 heavy (non-hydrogen) atoms. The van der Waals surface area contributed by atoms with Crippen LogP contribution < -0.4 is 10.6 Å². The van der Waals surface area contributed by atoms with Crippen molar-refractivity contribution in [1.82, 2.24) is 5.32 Å². The molecule has 0 spiro atoms. The lowest BCUT2D eigenvalue weighted by atomic mass is 9.87. The summed E-state index contributed by atoms with van der Waals surface area (Å²) in [6.45, 7) is 3.81. The Bertz CT molecular complexity index is 711. The number of nitrogens with one attached hydrogen (secondary N) is 2. The van der Waals surface area contributed by atoms with E-state index < -0.39 is 0 Å². The molecule has 3 heteroatoms. The zero-order chi connectivity index (χ0) is 17.6. The second kappa shape index (κ2) is 8.30. The molecule has 2 aromatic carbocycles. The van der Waals surface area contributed by atoms with Crippen LogP contribution in [0.5, 0.6) is 0 Å². The van der Waals surface area contributed by atoms with E-state index in [1.54, 1.807) is 6.92 Å². The average molecular weight is 336 g/mol. The third-order valence-corrected chi connectivity index (χ3v) is 5.04. The molecule has 1 aliphatic carbocycles. The van der Waals surface area contributed by atoms with Crippen LogP contribution in [0.2, 0.25) is 0 Å². The van der Waals surface area contributed by atoms with Crippen molar-refractivity contribution >= 4 is 11.6 Å². The maximum absolute atomic E-state index is 11.3. The van der Waals surface area contributed by atoms with Crippen molar-refractivity contribution < 1.29 is 4.79 Å². The fraction of sp³-hybridized carbons (Fsp3) is 0.409. The smallest absolute Gasteiger partial charge is 0.221 e. The van der Waals surface area contributed by atoms with Crippen LogP contribution in [-0.4, -0.2) is 18.0 Å². The van der Waals surface area contributed by atoms with E-state index in [1.165, 1.54) is 23.1 Å². The molecule has 3 rings (SSSR count). The fourth-order valence-electron chi connectivity index (χ4n) is 3.73. The molecule has 0 heterocycles. The Morgan fingerprint density at radius 1 is 1.16 bits per heavy atom. The van der Waals surface area contributed by atoms with Gasteiger partial charge in [0.25, 0.3) is 0 Å². The Balaban J connectivity index is 1.63. The molecule has 1 aliphatic rings. The van der Waals surface area contributed by atoms with Gasteiger partial charge in [-0.05, 0) is 60.9 Å². The molecule has 0 saturated carbocycles. The lowest BCUT2D eigenvalue weighted by Crippen LogP contribution is -2.42. The lowest BCUT2D eigenvalue weighted by molar-refractivity contribution is -0.114. The van der Waals surface area contributed by atoms with E-state index in [1.807, 2.05) is 6.07 Å². The largest absolute Gasteiger partial charge is 0.326 e. The summed E-state index contributed by atoms with van der Waals surface area (Å²) in [4.78, 5) is 11.3. The molecule has 2 N–H and O–H groups in total. The topological polar surface area (TPSA) is 41.1 Å². The second-order valence-corrected chi connectivity index (χ2v) is 7.07. The summed E-state index contributed by atoms with van der Waals surface area (Å²) in [6.07, 6.45) is 5.53. The number of fused-ring (bicyclic) bond motifs is 1. The SMILES string of the molecule is CCC(Cc1ccccc1)NC1CCc2ccc(NC(C)=O)cc2C1. The van der Waals surface area contributed by atoms with Crippen LogP contribution in [0.1, 0.15) is 43.4 Å². The van der Waals surface area contributed by atoms with Crippen LogP contribution in [0.25, 0.3) is 0 Å². The van der Waals surface area contributed by atoms with Crippen molar-refractivity contribution in [1.29, 1.82) is 0 Å². The molecule has 1 amide bonds. The Labute approximate surface area is 150 Å². The van der Waals surface area contributed by atoms with Crippen molar-refractivity contribution in [3.05, 3.63) is 65.2 Å². The Morgan fingerprint density at radius 2 is 1.96 bits per heavy atom. The average Bonchev–Trinajstić information content (AvgIpc) is 2.61. The standard InChI is InChI=1S/C22H28N2O/c1-3-20(13-17-7-5-4-6-8-17)24-22-12-10-18-9-11-21(23-16(2)25)14-19(18)15-22/h4-9,11,14,20,22,24H,3,10,12-13,15H2,1-2H3,(H,23,25). The van der Waals surface area contributed by atoms with E-state index in [0.29, 0.717) is 12.1 Å². The van der Waals surface area contributed by atoms with Gasteiger partial charge in [-0.15, -0.1) is 0 Å². The van der Waals surface area contributed by atoms with Gasteiger partial charge in [-0.1, -0.05) is 43.3 Å². The Morgan fingerprint density at radius 3 is 2.68 bits per heavy atom. The maximum atomic E-state index is 11.3. The van der Waals surface area contributed by atoms with Gasteiger partial charge in [0.2, 0.25) is 5.91 Å². The quantitative estimate of drug-likeness (QED) is 0.833. The zero-order valence-electron chi connectivity index (χ0n) is 15.2. The summed E-state index contributed by atoms with van der Waals surface area (Å²) in [7, 11) is 0. The number of amides is 1. The first-order valence-corrected chi connectivity index (χ1v) is 9.33. The van der Waals surface area contributed by atoms with Gasteiger partial charge in [0.1, 0.15) is 0 Å². The number of carbonyl (C=O) groups is 1. The molecule has 0 radical (unpaired) electrons. The van der Waals surface area contributed by atoms with Crippen LogP contribution in [0, 0.1) is 0 Å². The van der Waals surface area contributed by atoms with Crippen LogP contribution in [0.3, 0.4) is 0 Å². The number of aryl methyl sites for hydroxylation is 1. The monoisotopic (exact) mass is 336 g/mol. The van der Waals surface area contributed by atoms with E-state index in [0.717, 1.165) is 31.4 Å². The van der Waals surface area contributed by atoms with Gasteiger partial charge in [0.05, 0.1) is 0 Å². The number of hydrogen-bond acceptors (Lipinski definition) is 2. The molecule has 3 nitrogen and oxygen atoms in total. The van der Waals surface area contributed by atoms with Gasteiger partial charge in [-0.3, -0.25) is 4.79 Å². The number of rotatable bonds is 6. The Kier molecular flexibility index (Phi) is 5.87. The van der Waals surface area contributed by atoms with Gasteiger partial charge in [-0.2, -0.15) is 0 Å². The highest BCUT2D eigenvalue weighted by molar-refractivity contribution is 5.88. The Hall–Kier alpha value is -2.13.